The molecule has 2 rings (SSSR count). The third-order valence-electron chi connectivity index (χ3n) is 3.90. The average Bonchev–Trinajstić information content (AvgIpc) is 3.10. The van der Waals surface area contributed by atoms with Crippen molar-refractivity contribution in [2.45, 2.75) is 38.6 Å². The summed E-state index contributed by atoms with van der Waals surface area (Å²) in [6, 6.07) is 7.33. The van der Waals surface area contributed by atoms with Crippen LogP contribution in [0.3, 0.4) is 0 Å². The molecule has 0 spiro atoms. The van der Waals surface area contributed by atoms with Crippen LogP contribution in [-0.2, 0) is 14.3 Å². The van der Waals surface area contributed by atoms with Crippen molar-refractivity contribution < 1.29 is 14.3 Å². The highest BCUT2D eigenvalue weighted by Gasteiger charge is 2.14. The van der Waals surface area contributed by atoms with Crippen LogP contribution >= 0.6 is 23.6 Å². The first-order chi connectivity index (χ1) is 13.5. The third-order valence-corrected chi connectivity index (χ3v) is 5.11. The second kappa shape index (κ2) is 11.4. The van der Waals surface area contributed by atoms with E-state index in [1.54, 1.807) is 6.92 Å². The zero-order valence-electron chi connectivity index (χ0n) is 15.9. The number of para-hydroxylation sites is 1. The van der Waals surface area contributed by atoms with Crippen LogP contribution in [-0.4, -0.2) is 41.7 Å². The fourth-order valence-electron chi connectivity index (χ4n) is 2.33. The Hall–Kier alpha value is -2.46. The normalized spacial score (nSPS) is 11.5. The summed E-state index contributed by atoms with van der Waals surface area (Å²) in [6.07, 6.45) is 2.96. The van der Waals surface area contributed by atoms with Gasteiger partial charge in [-0.2, -0.15) is 0 Å². The summed E-state index contributed by atoms with van der Waals surface area (Å²) in [6.45, 7) is 2.41. The summed E-state index contributed by atoms with van der Waals surface area (Å²) < 4.78 is 5.65. The maximum absolute atomic E-state index is 12.2. The summed E-state index contributed by atoms with van der Waals surface area (Å²) in [5, 5.41) is 7.13. The van der Waals surface area contributed by atoms with E-state index in [1.807, 2.05) is 24.3 Å². The first-order valence-corrected chi connectivity index (χ1v) is 10.2. The number of nitrogens with one attached hydrogen (secondary N) is 4. The molecule has 152 valence electrons. The molecule has 1 aromatic heterocycles. The molecule has 0 fully saturated rings. The number of carbonyl (C=O) groups is 2. The minimum absolute atomic E-state index is 0.193. The summed E-state index contributed by atoms with van der Waals surface area (Å²) in [7, 11) is 1.39. The smallest absolute Gasteiger partial charge is 0.305 e. The van der Waals surface area contributed by atoms with E-state index in [9.17, 15) is 9.59 Å². The fraction of sp³-hybridized carbons (Fsp3) is 0.444. The number of amides is 1. The highest BCUT2D eigenvalue weighted by atomic mass is 32.1. The second-order valence-corrected chi connectivity index (χ2v) is 7.55. The van der Waals surface area contributed by atoms with Gasteiger partial charge in [0.15, 0.2) is 10.2 Å². The maximum atomic E-state index is 12.2. The summed E-state index contributed by atoms with van der Waals surface area (Å²) in [5.41, 5.74) is 6.16. The SMILES string of the molecule is COC(=O)CCCCCNC(=S)NNC(=O)[C@H](C)Nc1nc2ccccc2s1. The molecule has 0 saturated carbocycles. The van der Waals surface area contributed by atoms with Crippen molar-refractivity contribution in [2.24, 2.45) is 0 Å². The zero-order valence-corrected chi connectivity index (χ0v) is 17.5. The number of aromatic nitrogens is 1. The number of nitrogens with zero attached hydrogens (tertiary/aromatic N) is 1. The number of thiazole rings is 1. The lowest BCUT2D eigenvalue weighted by Gasteiger charge is -2.15. The Balaban J connectivity index is 1.61. The first kappa shape index (κ1) is 21.8. The van der Waals surface area contributed by atoms with Crippen molar-refractivity contribution in [2.75, 3.05) is 19.0 Å². The lowest BCUT2D eigenvalue weighted by Crippen LogP contribution is -2.51. The van der Waals surface area contributed by atoms with Gasteiger partial charge in [0.05, 0.1) is 17.3 Å². The van der Waals surface area contributed by atoms with Crippen LogP contribution in [0.4, 0.5) is 5.13 Å². The van der Waals surface area contributed by atoms with Gasteiger partial charge in [0.25, 0.3) is 5.91 Å². The van der Waals surface area contributed by atoms with Crippen LogP contribution in [0.1, 0.15) is 32.6 Å². The highest BCUT2D eigenvalue weighted by molar-refractivity contribution is 7.80. The molecule has 1 amide bonds. The van der Waals surface area contributed by atoms with Gasteiger partial charge >= 0.3 is 5.97 Å². The van der Waals surface area contributed by atoms with E-state index in [4.69, 9.17) is 12.2 Å². The van der Waals surface area contributed by atoms with Crippen LogP contribution in [0, 0.1) is 0 Å². The van der Waals surface area contributed by atoms with Crippen LogP contribution in [0.15, 0.2) is 24.3 Å². The van der Waals surface area contributed by atoms with Gasteiger partial charge in [-0.05, 0) is 44.1 Å². The molecule has 4 N–H and O–H groups in total. The average molecular weight is 424 g/mol. The molecule has 2 aromatic rings. The predicted octanol–water partition coefficient (Wildman–Crippen LogP) is 2.33. The van der Waals surface area contributed by atoms with Crippen molar-refractivity contribution in [1.29, 1.82) is 0 Å². The van der Waals surface area contributed by atoms with E-state index < -0.39 is 6.04 Å². The van der Waals surface area contributed by atoms with E-state index in [-0.39, 0.29) is 11.9 Å². The highest BCUT2D eigenvalue weighted by Crippen LogP contribution is 2.25. The molecule has 0 saturated heterocycles. The van der Waals surface area contributed by atoms with E-state index in [0.717, 1.165) is 29.5 Å². The molecule has 0 bridgehead atoms. The second-order valence-electron chi connectivity index (χ2n) is 6.11. The Kier molecular flexibility index (Phi) is 8.89. The van der Waals surface area contributed by atoms with Crippen molar-refractivity contribution in [3.05, 3.63) is 24.3 Å². The molecule has 1 aromatic carbocycles. The molecule has 1 heterocycles. The number of anilines is 1. The van der Waals surface area contributed by atoms with Gasteiger partial charge < -0.3 is 15.4 Å². The molecule has 28 heavy (non-hydrogen) atoms. The van der Waals surface area contributed by atoms with Crippen LogP contribution < -0.4 is 21.5 Å². The number of fused-ring (bicyclic) bond motifs is 1. The van der Waals surface area contributed by atoms with Crippen LogP contribution in [0.2, 0.25) is 0 Å². The maximum Gasteiger partial charge on any atom is 0.305 e. The minimum atomic E-state index is -0.478. The van der Waals surface area contributed by atoms with Crippen molar-refractivity contribution in [1.82, 2.24) is 21.2 Å². The van der Waals surface area contributed by atoms with Crippen molar-refractivity contribution in [3.8, 4) is 0 Å². The van der Waals surface area contributed by atoms with E-state index in [0.29, 0.717) is 23.2 Å². The number of hydrogen-bond donors (Lipinski definition) is 4. The fourth-order valence-corrected chi connectivity index (χ4v) is 3.44. The van der Waals surface area contributed by atoms with Crippen molar-refractivity contribution in [3.63, 3.8) is 0 Å². The summed E-state index contributed by atoms with van der Waals surface area (Å²) in [4.78, 5) is 27.6. The largest absolute Gasteiger partial charge is 0.469 e. The van der Waals surface area contributed by atoms with Gasteiger partial charge in [0.2, 0.25) is 0 Å². The molecule has 8 nitrogen and oxygen atoms in total. The number of carbonyl (C=O) groups excluding carboxylic acids is 2. The molecule has 0 aliphatic heterocycles. The molecule has 0 aliphatic carbocycles. The third kappa shape index (κ3) is 7.28. The number of hydrogen-bond acceptors (Lipinski definition) is 7. The quantitative estimate of drug-likeness (QED) is 0.211. The number of thiocarbonyl (C=S) groups is 1. The molecular formula is C18H25N5O3S2. The van der Waals surface area contributed by atoms with Gasteiger partial charge in [-0.1, -0.05) is 29.9 Å². The molecular weight excluding hydrogens is 398 g/mol. The topological polar surface area (TPSA) is 104 Å². The Morgan fingerprint density at radius 2 is 2.00 bits per heavy atom. The first-order valence-electron chi connectivity index (χ1n) is 9.02. The summed E-state index contributed by atoms with van der Waals surface area (Å²) >= 11 is 6.63. The van der Waals surface area contributed by atoms with Gasteiger partial charge in [0, 0.05) is 13.0 Å². The lowest BCUT2D eigenvalue weighted by molar-refractivity contribution is -0.140. The number of methoxy groups -OCH3 is 1. The molecule has 0 unspecified atom stereocenters. The Labute approximate surface area is 173 Å². The van der Waals surface area contributed by atoms with Crippen LogP contribution in [0.25, 0.3) is 10.2 Å². The summed E-state index contributed by atoms with van der Waals surface area (Å²) in [5.74, 6) is -0.442. The Bertz CT molecular complexity index is 778. The number of esters is 1. The predicted molar refractivity (Wildman–Crippen MR) is 115 cm³/mol. The Morgan fingerprint density at radius 3 is 2.75 bits per heavy atom. The number of hydrazine groups is 1. The number of unbranched alkanes of at least 4 members (excludes halogenated alkanes) is 2. The van der Waals surface area contributed by atoms with E-state index in [2.05, 4.69) is 31.2 Å². The van der Waals surface area contributed by atoms with Gasteiger partial charge in [-0.25, -0.2) is 4.98 Å². The number of benzene rings is 1. The van der Waals surface area contributed by atoms with Crippen LogP contribution in [0.5, 0.6) is 0 Å². The molecule has 0 aliphatic rings. The minimum Gasteiger partial charge on any atom is -0.469 e. The van der Waals surface area contributed by atoms with Gasteiger partial charge in [-0.3, -0.25) is 20.4 Å². The number of rotatable bonds is 9. The molecule has 0 radical (unpaired) electrons. The van der Waals surface area contributed by atoms with Crippen molar-refractivity contribution >= 4 is 55.9 Å². The standard InChI is InChI=1S/C18H25N5O3S2/c1-12(20-18-21-13-8-5-6-9-14(13)28-18)16(25)22-23-17(27)19-11-7-3-4-10-15(24)26-2/h5-6,8-9,12H,3-4,7,10-11H2,1-2H3,(H,20,21)(H,22,25)(H2,19,23,27)/t12-/m0/s1. The number of ether oxygens (including phenoxy) is 1. The monoisotopic (exact) mass is 423 g/mol. The van der Waals surface area contributed by atoms with Gasteiger partial charge in [0.1, 0.15) is 6.04 Å². The van der Waals surface area contributed by atoms with Gasteiger partial charge in [-0.15, -0.1) is 0 Å². The zero-order chi connectivity index (χ0) is 20.4. The van der Waals surface area contributed by atoms with E-state index >= 15 is 0 Å². The molecule has 1 atom stereocenters. The Morgan fingerprint density at radius 1 is 1.21 bits per heavy atom. The lowest BCUT2D eigenvalue weighted by atomic mass is 10.2. The molecule has 10 heteroatoms. The van der Waals surface area contributed by atoms with E-state index in [1.165, 1.54) is 18.4 Å².